The molecule has 0 spiro atoms. The highest BCUT2D eigenvalue weighted by atomic mass is 35.5. The lowest BCUT2D eigenvalue weighted by Gasteiger charge is -2.27. The van der Waals surface area contributed by atoms with Gasteiger partial charge in [-0.25, -0.2) is 4.39 Å². The lowest BCUT2D eigenvalue weighted by Crippen LogP contribution is -2.33. The summed E-state index contributed by atoms with van der Waals surface area (Å²) in [6.07, 6.45) is 2.04. The minimum Gasteiger partial charge on any atom is -0.495 e. The van der Waals surface area contributed by atoms with Crippen LogP contribution in [-0.4, -0.2) is 13.7 Å². The predicted molar refractivity (Wildman–Crippen MR) is 62.6 cm³/mol. The highest BCUT2D eigenvalue weighted by Gasteiger charge is 2.33. The summed E-state index contributed by atoms with van der Waals surface area (Å²) in [7, 11) is 1.56. The number of hydrogen-bond donors (Lipinski definition) is 1. The van der Waals surface area contributed by atoms with Gasteiger partial charge in [0.2, 0.25) is 0 Å². The summed E-state index contributed by atoms with van der Waals surface area (Å²) in [4.78, 5) is 0. The summed E-state index contributed by atoms with van der Waals surface area (Å²) >= 11 is 5.98. The van der Waals surface area contributed by atoms with Crippen molar-refractivity contribution in [2.75, 3.05) is 13.7 Å². The topological polar surface area (TPSA) is 21.3 Å². The van der Waals surface area contributed by atoms with Crippen molar-refractivity contribution < 1.29 is 9.13 Å². The van der Waals surface area contributed by atoms with Gasteiger partial charge in [-0.05, 0) is 38.4 Å². The van der Waals surface area contributed by atoms with E-state index in [-0.39, 0.29) is 11.4 Å². The summed E-state index contributed by atoms with van der Waals surface area (Å²) in [6.45, 7) is 2.99. The molecular formula is C12H15ClFNO. The molecule has 0 aromatic heterocycles. The van der Waals surface area contributed by atoms with Crippen molar-refractivity contribution >= 4 is 11.6 Å². The minimum absolute atomic E-state index is 0.239. The van der Waals surface area contributed by atoms with Crippen LogP contribution in [0.1, 0.15) is 25.3 Å². The van der Waals surface area contributed by atoms with Crippen molar-refractivity contribution in [2.45, 2.75) is 25.3 Å². The number of methoxy groups -OCH3 is 1. The highest BCUT2D eigenvalue weighted by Crippen LogP contribution is 2.40. The molecule has 16 heavy (non-hydrogen) atoms. The molecule has 4 heteroatoms. The number of rotatable bonds is 2. The fraction of sp³-hybridized carbons (Fsp3) is 0.500. The van der Waals surface area contributed by atoms with E-state index in [9.17, 15) is 4.39 Å². The smallest absolute Gasteiger partial charge is 0.142 e. The van der Waals surface area contributed by atoms with Gasteiger partial charge in [0.05, 0.1) is 12.1 Å². The van der Waals surface area contributed by atoms with Gasteiger partial charge in [-0.15, -0.1) is 0 Å². The van der Waals surface area contributed by atoms with Crippen LogP contribution < -0.4 is 10.1 Å². The maximum atomic E-state index is 13.4. The van der Waals surface area contributed by atoms with Crippen LogP contribution >= 0.6 is 11.6 Å². The summed E-state index contributed by atoms with van der Waals surface area (Å²) in [6, 6.07) is 2.78. The van der Waals surface area contributed by atoms with Crippen molar-refractivity contribution in [3.05, 3.63) is 28.5 Å². The summed E-state index contributed by atoms with van der Waals surface area (Å²) in [5.41, 5.74) is 0.564. The van der Waals surface area contributed by atoms with Gasteiger partial charge < -0.3 is 10.1 Å². The summed E-state index contributed by atoms with van der Waals surface area (Å²) < 4.78 is 18.7. The molecule has 1 unspecified atom stereocenters. The van der Waals surface area contributed by atoms with Crippen LogP contribution in [0.15, 0.2) is 12.1 Å². The average Bonchev–Trinajstić information content (AvgIpc) is 2.65. The molecule has 2 rings (SSSR count). The molecule has 0 aliphatic carbocycles. The zero-order chi connectivity index (χ0) is 11.8. The Balaban J connectivity index is 2.53. The van der Waals surface area contributed by atoms with E-state index in [2.05, 4.69) is 5.32 Å². The van der Waals surface area contributed by atoms with Gasteiger partial charge in [0.15, 0.2) is 0 Å². The fourth-order valence-corrected chi connectivity index (χ4v) is 2.59. The van der Waals surface area contributed by atoms with Gasteiger partial charge >= 0.3 is 0 Å². The Labute approximate surface area is 99.7 Å². The molecule has 1 aromatic rings. The first-order valence-electron chi connectivity index (χ1n) is 5.35. The lowest BCUT2D eigenvalue weighted by molar-refractivity contribution is 0.369. The molecule has 0 saturated carbocycles. The first-order chi connectivity index (χ1) is 7.57. The van der Waals surface area contributed by atoms with Gasteiger partial charge in [-0.3, -0.25) is 0 Å². The van der Waals surface area contributed by atoms with Crippen molar-refractivity contribution in [2.24, 2.45) is 0 Å². The number of halogens is 2. The molecule has 0 bridgehead atoms. The standard InChI is InChI=1S/C12H15ClFNO/c1-12(4-3-5-15-12)9-6-8(14)7-10(13)11(9)16-2/h6-7,15H,3-5H2,1-2H3. The van der Waals surface area contributed by atoms with Crippen LogP contribution in [0.4, 0.5) is 4.39 Å². The zero-order valence-corrected chi connectivity index (χ0v) is 10.2. The first-order valence-corrected chi connectivity index (χ1v) is 5.73. The lowest BCUT2D eigenvalue weighted by atomic mass is 9.89. The van der Waals surface area contributed by atoms with Crippen molar-refractivity contribution in [3.63, 3.8) is 0 Å². The van der Waals surface area contributed by atoms with E-state index in [1.165, 1.54) is 12.1 Å². The van der Waals surface area contributed by atoms with Gasteiger partial charge in [0.1, 0.15) is 11.6 Å². The monoisotopic (exact) mass is 243 g/mol. The van der Waals surface area contributed by atoms with Crippen LogP contribution in [0, 0.1) is 5.82 Å². The summed E-state index contributed by atoms with van der Waals surface area (Å²) in [5.74, 6) is 0.246. The molecule has 2 nitrogen and oxygen atoms in total. The van der Waals surface area contributed by atoms with E-state index in [1.807, 2.05) is 6.92 Å². The third-order valence-electron chi connectivity index (χ3n) is 3.18. The Kier molecular flexibility index (Phi) is 3.08. The second-order valence-electron chi connectivity index (χ2n) is 4.33. The van der Waals surface area contributed by atoms with Gasteiger partial charge in [-0.1, -0.05) is 11.6 Å². The predicted octanol–water partition coefficient (Wildman–Crippen LogP) is 3.09. The largest absolute Gasteiger partial charge is 0.495 e. The molecule has 1 fully saturated rings. The van der Waals surface area contributed by atoms with E-state index in [1.54, 1.807) is 7.11 Å². The quantitative estimate of drug-likeness (QED) is 0.862. The average molecular weight is 244 g/mol. The van der Waals surface area contributed by atoms with Crippen LogP contribution in [-0.2, 0) is 5.54 Å². The van der Waals surface area contributed by atoms with Crippen LogP contribution in [0.2, 0.25) is 5.02 Å². The van der Waals surface area contributed by atoms with E-state index < -0.39 is 0 Å². The Bertz CT molecular complexity index is 402. The van der Waals surface area contributed by atoms with E-state index in [4.69, 9.17) is 16.3 Å². The van der Waals surface area contributed by atoms with E-state index in [0.29, 0.717) is 10.8 Å². The van der Waals surface area contributed by atoms with Crippen molar-refractivity contribution in [1.82, 2.24) is 5.32 Å². The van der Waals surface area contributed by atoms with E-state index in [0.717, 1.165) is 24.9 Å². The molecule has 1 atom stereocenters. The molecular weight excluding hydrogens is 229 g/mol. The third kappa shape index (κ3) is 1.89. The fourth-order valence-electron chi connectivity index (χ4n) is 2.30. The Morgan fingerprint density at radius 3 is 2.81 bits per heavy atom. The van der Waals surface area contributed by atoms with Gasteiger partial charge in [0.25, 0.3) is 0 Å². The Morgan fingerprint density at radius 1 is 1.50 bits per heavy atom. The van der Waals surface area contributed by atoms with E-state index >= 15 is 0 Å². The zero-order valence-electron chi connectivity index (χ0n) is 9.44. The Morgan fingerprint density at radius 2 is 2.25 bits per heavy atom. The minimum atomic E-state index is -0.323. The maximum Gasteiger partial charge on any atom is 0.142 e. The number of ether oxygens (including phenoxy) is 1. The third-order valence-corrected chi connectivity index (χ3v) is 3.46. The molecule has 1 N–H and O–H groups in total. The normalized spacial score (nSPS) is 24.8. The Hall–Kier alpha value is -0.800. The van der Waals surface area contributed by atoms with Gasteiger partial charge in [-0.2, -0.15) is 0 Å². The number of benzene rings is 1. The molecule has 1 saturated heterocycles. The van der Waals surface area contributed by atoms with Crippen LogP contribution in [0.3, 0.4) is 0 Å². The highest BCUT2D eigenvalue weighted by molar-refractivity contribution is 6.32. The molecule has 1 aliphatic rings. The molecule has 0 radical (unpaired) electrons. The molecule has 1 aromatic carbocycles. The van der Waals surface area contributed by atoms with Crippen LogP contribution in [0.5, 0.6) is 5.75 Å². The molecule has 88 valence electrons. The van der Waals surface area contributed by atoms with Crippen molar-refractivity contribution in [3.8, 4) is 5.75 Å². The second kappa shape index (κ2) is 4.22. The number of hydrogen-bond acceptors (Lipinski definition) is 2. The molecule has 1 aliphatic heterocycles. The van der Waals surface area contributed by atoms with Crippen molar-refractivity contribution in [1.29, 1.82) is 0 Å². The van der Waals surface area contributed by atoms with Crippen LogP contribution in [0.25, 0.3) is 0 Å². The van der Waals surface area contributed by atoms with Gasteiger partial charge in [0, 0.05) is 11.1 Å². The number of nitrogens with one attached hydrogen (secondary N) is 1. The second-order valence-corrected chi connectivity index (χ2v) is 4.74. The molecule has 0 amide bonds. The first kappa shape index (κ1) is 11.7. The molecule has 1 heterocycles. The maximum absolute atomic E-state index is 13.4. The SMILES string of the molecule is COc1c(Cl)cc(F)cc1C1(C)CCCN1. The summed E-state index contributed by atoms with van der Waals surface area (Å²) in [5, 5.41) is 3.70.